The minimum atomic E-state index is -0.495. The van der Waals surface area contributed by atoms with E-state index >= 15 is 0 Å². The molecule has 6 atom stereocenters. The summed E-state index contributed by atoms with van der Waals surface area (Å²) in [6.07, 6.45) is 2.42. The Morgan fingerprint density at radius 1 is 1.32 bits per heavy atom. The van der Waals surface area contributed by atoms with Crippen LogP contribution in [0.4, 0.5) is 0 Å². The summed E-state index contributed by atoms with van der Waals surface area (Å²) in [4.78, 5) is 23.1. The zero-order valence-electron chi connectivity index (χ0n) is 22.3. The number of fused-ring (bicyclic) bond motifs is 2. The van der Waals surface area contributed by atoms with Gasteiger partial charge in [-0.2, -0.15) is 0 Å². The molecule has 2 fully saturated rings. The Kier molecular flexibility index (Phi) is 8.61. The number of aliphatic hydroxyl groups is 1. The number of nitrogens with zero attached hydrogens (tertiary/aromatic N) is 2. The van der Waals surface area contributed by atoms with Crippen molar-refractivity contribution in [1.82, 2.24) is 15.2 Å². The van der Waals surface area contributed by atoms with Crippen molar-refractivity contribution < 1.29 is 14.6 Å². The van der Waals surface area contributed by atoms with Crippen molar-refractivity contribution in [1.29, 1.82) is 0 Å². The number of morpholine rings is 1. The van der Waals surface area contributed by atoms with Crippen LogP contribution in [-0.4, -0.2) is 66.4 Å². The van der Waals surface area contributed by atoms with Crippen LogP contribution in [0.25, 0.3) is 0 Å². The normalized spacial score (nSPS) is 30.8. The van der Waals surface area contributed by atoms with Gasteiger partial charge in [0.15, 0.2) is 0 Å². The molecule has 3 aliphatic rings. The summed E-state index contributed by atoms with van der Waals surface area (Å²) in [7, 11) is 0. The van der Waals surface area contributed by atoms with Crippen LogP contribution in [0.2, 0.25) is 0 Å². The second-order valence-electron chi connectivity index (χ2n) is 11.4. The van der Waals surface area contributed by atoms with Crippen LogP contribution in [0.3, 0.4) is 0 Å². The van der Waals surface area contributed by atoms with Crippen LogP contribution < -0.4 is 5.32 Å². The van der Waals surface area contributed by atoms with Crippen LogP contribution in [0, 0.1) is 23.2 Å². The number of benzene rings is 1. The molecule has 0 radical (unpaired) electrons. The van der Waals surface area contributed by atoms with E-state index in [-0.39, 0.29) is 35.0 Å². The Labute approximate surface area is 229 Å². The first-order chi connectivity index (χ1) is 17.9. The van der Waals surface area contributed by atoms with Gasteiger partial charge in [0.2, 0.25) is 5.91 Å². The van der Waals surface area contributed by atoms with Crippen LogP contribution >= 0.6 is 23.1 Å². The van der Waals surface area contributed by atoms with Gasteiger partial charge in [0.05, 0.1) is 30.8 Å². The molecule has 1 aromatic carbocycles. The number of aromatic nitrogens is 1. The largest absolute Gasteiger partial charge is 0.392 e. The molecule has 1 aromatic heterocycles. The van der Waals surface area contributed by atoms with Gasteiger partial charge in [0.25, 0.3) is 0 Å². The predicted octanol–water partition coefficient (Wildman–Crippen LogP) is 4.57. The first-order valence-electron chi connectivity index (χ1n) is 13.8. The third-order valence-electron chi connectivity index (χ3n) is 8.96. The first-order valence-corrected chi connectivity index (χ1v) is 15.6. The third-order valence-corrected chi connectivity index (χ3v) is 11.2. The number of carbonyl (C=O) groups excluding carboxylic acids is 1. The number of thioether (sulfide) groups is 1. The van der Waals surface area contributed by atoms with E-state index in [4.69, 9.17) is 9.72 Å². The lowest BCUT2D eigenvalue weighted by molar-refractivity contribution is -0.134. The maximum absolute atomic E-state index is 13.1. The minimum Gasteiger partial charge on any atom is -0.392 e. The first kappa shape index (κ1) is 27.1. The molecule has 5 rings (SSSR count). The highest BCUT2D eigenvalue weighted by molar-refractivity contribution is 7.98. The van der Waals surface area contributed by atoms with Gasteiger partial charge in [-0.15, -0.1) is 23.1 Å². The van der Waals surface area contributed by atoms with Crippen LogP contribution in [0.5, 0.6) is 0 Å². The number of carbonyl (C=O) groups is 1. The molecular formula is C29H41N3O3S2. The second-order valence-corrected chi connectivity index (χ2v) is 13.6. The Morgan fingerprint density at radius 3 is 2.84 bits per heavy atom. The summed E-state index contributed by atoms with van der Waals surface area (Å²) >= 11 is 3.69. The minimum absolute atomic E-state index is 0.0165. The molecule has 202 valence electrons. The molecule has 0 bridgehead atoms. The summed E-state index contributed by atoms with van der Waals surface area (Å²) in [5.41, 5.74) is 1.23. The van der Waals surface area contributed by atoms with Gasteiger partial charge in [-0.3, -0.25) is 9.69 Å². The number of aliphatic hydroxyl groups excluding tert-OH is 1. The summed E-state index contributed by atoms with van der Waals surface area (Å²) in [5, 5.41) is 16.0. The van der Waals surface area contributed by atoms with Gasteiger partial charge < -0.3 is 15.2 Å². The molecule has 8 heteroatoms. The fourth-order valence-electron chi connectivity index (χ4n) is 6.84. The third kappa shape index (κ3) is 5.93. The zero-order valence-corrected chi connectivity index (χ0v) is 24.0. The van der Waals surface area contributed by atoms with Gasteiger partial charge in [-0.25, -0.2) is 4.98 Å². The summed E-state index contributed by atoms with van der Waals surface area (Å²) in [5.74, 6) is 1.04. The zero-order chi connectivity index (χ0) is 26.0. The summed E-state index contributed by atoms with van der Waals surface area (Å²) in [6.45, 7) is 11.5. The van der Waals surface area contributed by atoms with E-state index in [9.17, 15) is 9.90 Å². The van der Waals surface area contributed by atoms with Crippen molar-refractivity contribution in [3.63, 3.8) is 0 Å². The molecule has 1 saturated carbocycles. The second kappa shape index (κ2) is 11.7. The van der Waals surface area contributed by atoms with Crippen molar-refractivity contribution in [2.45, 2.75) is 62.7 Å². The fraction of sp³-hybridized carbons (Fsp3) is 0.655. The molecular weight excluding hydrogens is 502 g/mol. The molecule has 37 heavy (non-hydrogen) atoms. The van der Waals surface area contributed by atoms with Crippen LogP contribution in [-0.2, 0) is 21.7 Å². The highest BCUT2D eigenvalue weighted by Gasteiger charge is 2.53. The Balaban J connectivity index is 1.22. The van der Waals surface area contributed by atoms with E-state index in [0.29, 0.717) is 6.54 Å². The highest BCUT2D eigenvalue weighted by Crippen LogP contribution is 2.57. The number of hydrogen-bond acceptors (Lipinski definition) is 7. The summed E-state index contributed by atoms with van der Waals surface area (Å²) in [6, 6.07) is 10.5. The number of nitrogens with one attached hydrogen (secondary N) is 1. The van der Waals surface area contributed by atoms with E-state index in [0.717, 1.165) is 57.9 Å². The van der Waals surface area contributed by atoms with Crippen molar-refractivity contribution in [2.75, 3.05) is 39.4 Å². The quantitative estimate of drug-likeness (QED) is 0.475. The lowest BCUT2D eigenvalue weighted by atomic mass is 9.53. The van der Waals surface area contributed by atoms with Gasteiger partial charge in [-0.1, -0.05) is 39.0 Å². The van der Waals surface area contributed by atoms with Crippen LogP contribution in [0.1, 0.15) is 55.1 Å². The number of thiazole rings is 1. The van der Waals surface area contributed by atoms with E-state index < -0.39 is 6.10 Å². The van der Waals surface area contributed by atoms with Crippen molar-refractivity contribution in [3.05, 3.63) is 45.9 Å². The molecule has 2 heterocycles. The number of rotatable bonds is 8. The highest BCUT2D eigenvalue weighted by atomic mass is 32.2. The predicted molar refractivity (Wildman–Crippen MR) is 150 cm³/mol. The van der Waals surface area contributed by atoms with Gasteiger partial charge in [-0.05, 0) is 48.6 Å². The Hall–Kier alpha value is -1.45. The average molecular weight is 544 g/mol. The van der Waals surface area contributed by atoms with E-state index in [1.807, 2.05) is 36.1 Å². The van der Waals surface area contributed by atoms with Gasteiger partial charge in [0.1, 0.15) is 5.01 Å². The summed E-state index contributed by atoms with van der Waals surface area (Å²) < 4.78 is 5.41. The molecule has 1 aliphatic heterocycles. The molecule has 6 nitrogen and oxygen atoms in total. The topological polar surface area (TPSA) is 74.7 Å². The van der Waals surface area contributed by atoms with E-state index in [1.54, 1.807) is 0 Å². The average Bonchev–Trinajstić information content (AvgIpc) is 3.31. The van der Waals surface area contributed by atoms with Crippen molar-refractivity contribution in [2.24, 2.45) is 23.2 Å². The number of ether oxygens (including phenoxy) is 1. The van der Waals surface area contributed by atoms with Crippen molar-refractivity contribution in [3.8, 4) is 0 Å². The molecule has 1 saturated heterocycles. The number of amides is 1. The monoisotopic (exact) mass is 543 g/mol. The maximum Gasteiger partial charge on any atom is 0.223 e. The molecule has 1 amide bonds. The van der Waals surface area contributed by atoms with E-state index in [1.165, 1.54) is 20.5 Å². The molecule has 2 aliphatic carbocycles. The Morgan fingerprint density at radius 2 is 2.08 bits per heavy atom. The molecule has 0 spiro atoms. The molecule has 6 unspecified atom stereocenters. The van der Waals surface area contributed by atoms with Gasteiger partial charge >= 0.3 is 0 Å². The lowest BCUT2D eigenvalue weighted by Gasteiger charge is -2.53. The molecule has 2 N–H and O–H groups in total. The van der Waals surface area contributed by atoms with Gasteiger partial charge in [0, 0.05) is 47.8 Å². The smallest absolute Gasteiger partial charge is 0.223 e. The molecule has 2 aromatic rings. The van der Waals surface area contributed by atoms with Crippen molar-refractivity contribution >= 4 is 29.0 Å². The lowest BCUT2D eigenvalue weighted by Crippen LogP contribution is -2.53. The van der Waals surface area contributed by atoms with Crippen LogP contribution in [0.15, 0.2) is 35.2 Å². The number of hydrogen-bond donors (Lipinski definition) is 2. The Bertz CT molecular complexity index is 1060. The fourth-order valence-corrected chi connectivity index (χ4v) is 9.12. The standard InChI is InChI=1S/C29H41N3O3S2/c1-19(28(34)30-11-12-32-13-15-35-16-14-32)22-9-10-29(3)17-23-26(20(2)25(29)27(22)33)31-24(37-23)18-36-21-7-5-4-6-8-21/h4-8,19-20,22,25,27,33H,9-18H2,1-3H3,(H,30,34). The van der Waals surface area contributed by atoms with E-state index in [2.05, 4.69) is 48.3 Å². The SMILES string of the molecule is CC(C(=O)NCCN1CCOCC1)C1CCC2(C)Cc3sc(CSc4ccccc4)nc3C(C)C2C1O. The maximum atomic E-state index is 13.1.